The fourth-order valence-corrected chi connectivity index (χ4v) is 3.04. The summed E-state index contributed by atoms with van der Waals surface area (Å²) in [7, 11) is 0. The van der Waals surface area contributed by atoms with Crippen molar-refractivity contribution in [1.82, 2.24) is 4.90 Å². The fraction of sp³-hybridized carbons (Fsp3) is 0.923. The van der Waals surface area contributed by atoms with Gasteiger partial charge in [-0.05, 0) is 32.1 Å². The number of rotatable bonds is 3. The van der Waals surface area contributed by atoms with E-state index >= 15 is 0 Å². The van der Waals surface area contributed by atoms with Crippen LogP contribution < -0.4 is 5.73 Å². The fourth-order valence-electron chi connectivity index (χ4n) is 2.90. The maximum atomic E-state index is 12.0. The molecule has 2 aliphatic rings. The van der Waals surface area contributed by atoms with Gasteiger partial charge in [0.05, 0.1) is 12.2 Å². The monoisotopic (exact) mass is 274 g/mol. The van der Waals surface area contributed by atoms with E-state index in [4.69, 9.17) is 22.1 Å². The Kier molecular flexibility index (Phi) is 4.87. The molecule has 1 amide bonds. The molecule has 1 saturated heterocycles. The van der Waals surface area contributed by atoms with Crippen LogP contribution in [0, 0.1) is 0 Å². The average molecular weight is 275 g/mol. The minimum Gasteiger partial charge on any atom is -0.371 e. The number of nitrogens with zero attached hydrogens (tertiary/aromatic N) is 1. The van der Waals surface area contributed by atoms with E-state index < -0.39 is 0 Å². The van der Waals surface area contributed by atoms with Crippen LogP contribution in [-0.4, -0.2) is 48.0 Å². The number of carbonyl (C=O) groups is 1. The van der Waals surface area contributed by atoms with Crippen LogP contribution >= 0.6 is 11.6 Å². The predicted molar refractivity (Wildman–Crippen MR) is 71.7 cm³/mol. The molecule has 2 fully saturated rings. The smallest absolute Gasteiger partial charge is 0.222 e. The van der Waals surface area contributed by atoms with Crippen molar-refractivity contribution in [2.75, 3.05) is 25.6 Å². The van der Waals surface area contributed by atoms with Gasteiger partial charge in [-0.25, -0.2) is 0 Å². The van der Waals surface area contributed by atoms with E-state index in [1.165, 1.54) is 0 Å². The zero-order valence-corrected chi connectivity index (χ0v) is 11.6. The van der Waals surface area contributed by atoms with E-state index in [2.05, 4.69) is 0 Å². The summed E-state index contributed by atoms with van der Waals surface area (Å²) in [6.07, 6.45) is 5.28. The van der Waals surface area contributed by atoms with Gasteiger partial charge < -0.3 is 15.4 Å². The molecule has 0 bridgehead atoms. The van der Waals surface area contributed by atoms with E-state index in [0.717, 1.165) is 45.2 Å². The SMILES string of the molecule is NC1CCC2(CC1)CN(C(=O)CCCCl)CCO2. The number of halogens is 1. The normalized spacial score (nSPS) is 32.8. The molecule has 4 nitrogen and oxygen atoms in total. The van der Waals surface area contributed by atoms with Crippen LogP contribution in [0.2, 0.25) is 0 Å². The third-order valence-corrected chi connectivity index (χ3v) is 4.33. The number of morpholine rings is 1. The number of ether oxygens (including phenoxy) is 1. The summed E-state index contributed by atoms with van der Waals surface area (Å²) in [4.78, 5) is 14.0. The molecule has 0 aromatic rings. The van der Waals surface area contributed by atoms with Crippen LogP contribution in [0.5, 0.6) is 0 Å². The molecule has 5 heteroatoms. The zero-order chi connectivity index (χ0) is 13.0. The van der Waals surface area contributed by atoms with Gasteiger partial charge in [-0.3, -0.25) is 4.79 Å². The van der Waals surface area contributed by atoms with E-state index in [1.54, 1.807) is 0 Å². The highest BCUT2D eigenvalue weighted by molar-refractivity contribution is 6.17. The molecule has 0 aromatic carbocycles. The van der Waals surface area contributed by atoms with Crippen LogP contribution in [0.3, 0.4) is 0 Å². The lowest BCUT2D eigenvalue weighted by atomic mass is 9.81. The highest BCUT2D eigenvalue weighted by Crippen LogP contribution is 2.34. The number of alkyl halides is 1. The second-order valence-electron chi connectivity index (χ2n) is 5.48. The van der Waals surface area contributed by atoms with Gasteiger partial charge >= 0.3 is 0 Å². The Bertz CT molecular complexity index is 291. The average Bonchev–Trinajstić information content (AvgIpc) is 2.40. The molecule has 104 valence electrons. The largest absolute Gasteiger partial charge is 0.371 e. The summed E-state index contributed by atoms with van der Waals surface area (Å²) in [5, 5.41) is 0. The van der Waals surface area contributed by atoms with Crippen molar-refractivity contribution in [3.8, 4) is 0 Å². The second kappa shape index (κ2) is 6.22. The first-order valence-electron chi connectivity index (χ1n) is 6.88. The Morgan fingerprint density at radius 2 is 2.17 bits per heavy atom. The van der Waals surface area contributed by atoms with Crippen LogP contribution in [-0.2, 0) is 9.53 Å². The highest BCUT2D eigenvalue weighted by Gasteiger charge is 2.40. The van der Waals surface area contributed by atoms with Crippen molar-refractivity contribution in [2.45, 2.75) is 50.2 Å². The van der Waals surface area contributed by atoms with Gasteiger partial charge in [0, 0.05) is 31.4 Å². The van der Waals surface area contributed by atoms with Crippen LogP contribution in [0.25, 0.3) is 0 Å². The minimum atomic E-state index is -0.120. The molecule has 0 radical (unpaired) electrons. The van der Waals surface area contributed by atoms with Crippen molar-refractivity contribution >= 4 is 17.5 Å². The maximum Gasteiger partial charge on any atom is 0.222 e. The van der Waals surface area contributed by atoms with E-state index in [1.807, 2.05) is 4.90 Å². The highest BCUT2D eigenvalue weighted by atomic mass is 35.5. The molecule has 1 saturated carbocycles. The quantitative estimate of drug-likeness (QED) is 0.794. The Morgan fingerprint density at radius 3 is 2.83 bits per heavy atom. The lowest BCUT2D eigenvalue weighted by Crippen LogP contribution is -2.56. The standard InChI is InChI=1S/C13H23ClN2O2/c14-7-1-2-12(17)16-8-9-18-13(10-16)5-3-11(15)4-6-13/h11H,1-10,15H2. The molecule has 1 spiro atoms. The van der Waals surface area contributed by atoms with Crippen molar-refractivity contribution < 1.29 is 9.53 Å². The van der Waals surface area contributed by atoms with Crippen molar-refractivity contribution in [1.29, 1.82) is 0 Å². The van der Waals surface area contributed by atoms with Gasteiger partial charge in [0.15, 0.2) is 0 Å². The number of amides is 1. The number of hydrogen-bond donors (Lipinski definition) is 1. The topological polar surface area (TPSA) is 55.6 Å². The summed E-state index contributed by atoms with van der Waals surface area (Å²) in [5.74, 6) is 0.768. The van der Waals surface area contributed by atoms with Gasteiger partial charge in [-0.1, -0.05) is 0 Å². The van der Waals surface area contributed by atoms with Gasteiger partial charge in [0.1, 0.15) is 0 Å². The third kappa shape index (κ3) is 3.37. The maximum absolute atomic E-state index is 12.0. The van der Waals surface area contributed by atoms with Gasteiger partial charge in [-0.2, -0.15) is 0 Å². The first-order valence-corrected chi connectivity index (χ1v) is 7.42. The molecular weight excluding hydrogens is 252 g/mol. The molecule has 0 aromatic heterocycles. The molecular formula is C13H23ClN2O2. The summed E-state index contributed by atoms with van der Waals surface area (Å²) in [6, 6.07) is 0.307. The summed E-state index contributed by atoms with van der Waals surface area (Å²) in [5.41, 5.74) is 5.81. The Hall–Kier alpha value is -0.320. The van der Waals surface area contributed by atoms with Crippen LogP contribution in [0.1, 0.15) is 38.5 Å². The van der Waals surface area contributed by atoms with Crippen molar-refractivity contribution in [2.24, 2.45) is 5.73 Å². The van der Waals surface area contributed by atoms with Crippen LogP contribution in [0.15, 0.2) is 0 Å². The first kappa shape index (κ1) is 14.1. The van der Waals surface area contributed by atoms with E-state index in [0.29, 0.717) is 24.9 Å². The second-order valence-corrected chi connectivity index (χ2v) is 5.85. The lowest BCUT2D eigenvalue weighted by Gasteiger charge is -2.46. The Balaban J connectivity index is 1.89. The number of carbonyl (C=O) groups excluding carboxylic acids is 1. The van der Waals surface area contributed by atoms with E-state index in [-0.39, 0.29) is 11.5 Å². The summed E-state index contributed by atoms with van der Waals surface area (Å²) < 4.78 is 5.96. The zero-order valence-electron chi connectivity index (χ0n) is 10.9. The summed E-state index contributed by atoms with van der Waals surface area (Å²) >= 11 is 5.63. The molecule has 1 aliphatic carbocycles. The van der Waals surface area contributed by atoms with Gasteiger partial charge in [-0.15, -0.1) is 11.6 Å². The Morgan fingerprint density at radius 1 is 1.44 bits per heavy atom. The third-order valence-electron chi connectivity index (χ3n) is 4.07. The van der Waals surface area contributed by atoms with Crippen LogP contribution in [0.4, 0.5) is 0 Å². The first-order chi connectivity index (χ1) is 8.65. The van der Waals surface area contributed by atoms with Crippen molar-refractivity contribution in [3.05, 3.63) is 0 Å². The minimum absolute atomic E-state index is 0.120. The lowest BCUT2D eigenvalue weighted by molar-refractivity contribution is -0.156. The molecule has 2 N–H and O–H groups in total. The molecule has 1 aliphatic heterocycles. The van der Waals surface area contributed by atoms with Gasteiger partial charge in [0.2, 0.25) is 5.91 Å². The van der Waals surface area contributed by atoms with Gasteiger partial charge in [0.25, 0.3) is 0 Å². The molecule has 1 heterocycles. The molecule has 2 rings (SSSR count). The molecule has 0 unspecified atom stereocenters. The van der Waals surface area contributed by atoms with Crippen molar-refractivity contribution in [3.63, 3.8) is 0 Å². The van der Waals surface area contributed by atoms with E-state index in [9.17, 15) is 4.79 Å². The number of nitrogens with two attached hydrogens (primary N) is 1. The predicted octanol–water partition coefficient (Wildman–Crippen LogP) is 1.50. The Labute approximate surface area is 114 Å². The molecule has 18 heavy (non-hydrogen) atoms. The number of hydrogen-bond acceptors (Lipinski definition) is 3. The summed E-state index contributed by atoms with van der Waals surface area (Å²) in [6.45, 7) is 2.11. The molecule has 0 atom stereocenters.